The number of hydrogen-bond donors (Lipinski definition) is 2. The van der Waals surface area contributed by atoms with Gasteiger partial charge < -0.3 is 10.4 Å². The van der Waals surface area contributed by atoms with E-state index in [0.29, 0.717) is 15.7 Å². The zero-order chi connectivity index (χ0) is 15.6. The number of nitrogens with one attached hydrogen (secondary N) is 1. The third-order valence-electron chi connectivity index (χ3n) is 3.12. The van der Waals surface area contributed by atoms with Gasteiger partial charge in [-0.05, 0) is 37.3 Å². The highest BCUT2D eigenvalue weighted by Crippen LogP contribution is 2.33. The number of carboxylic acid groups (broad SMARTS) is 1. The van der Waals surface area contributed by atoms with Crippen LogP contribution in [0.4, 0.5) is 10.1 Å². The molecule has 0 radical (unpaired) electrons. The molecule has 1 unspecified atom stereocenters. The SMILES string of the molecule is CC(Nc1cccc(Br)c1)(C(=O)O)c1ccc(F)cc1Br. The molecule has 0 aliphatic rings. The lowest BCUT2D eigenvalue weighted by Crippen LogP contribution is -2.40. The summed E-state index contributed by atoms with van der Waals surface area (Å²) in [4.78, 5) is 11.8. The fraction of sp³-hybridized carbons (Fsp3) is 0.133. The molecule has 1 atom stereocenters. The number of rotatable bonds is 4. The summed E-state index contributed by atoms with van der Waals surface area (Å²) in [5, 5.41) is 12.6. The van der Waals surface area contributed by atoms with Gasteiger partial charge in [0.15, 0.2) is 5.54 Å². The van der Waals surface area contributed by atoms with Crippen molar-refractivity contribution in [2.24, 2.45) is 0 Å². The van der Waals surface area contributed by atoms with Crippen molar-refractivity contribution in [2.45, 2.75) is 12.5 Å². The molecule has 0 saturated heterocycles. The van der Waals surface area contributed by atoms with E-state index in [1.165, 1.54) is 25.1 Å². The van der Waals surface area contributed by atoms with Gasteiger partial charge in [-0.2, -0.15) is 0 Å². The molecule has 2 rings (SSSR count). The number of carboxylic acids is 1. The summed E-state index contributed by atoms with van der Waals surface area (Å²) >= 11 is 6.57. The van der Waals surface area contributed by atoms with Gasteiger partial charge in [0.05, 0.1) is 0 Å². The molecule has 0 fully saturated rings. The van der Waals surface area contributed by atoms with Crippen LogP contribution in [0, 0.1) is 5.82 Å². The van der Waals surface area contributed by atoms with E-state index in [-0.39, 0.29) is 0 Å². The summed E-state index contributed by atoms with van der Waals surface area (Å²) in [6, 6.07) is 11.1. The molecule has 0 aliphatic heterocycles. The average molecular weight is 417 g/mol. The summed E-state index contributed by atoms with van der Waals surface area (Å²) in [7, 11) is 0. The van der Waals surface area contributed by atoms with E-state index in [2.05, 4.69) is 37.2 Å². The Morgan fingerprint density at radius 3 is 2.52 bits per heavy atom. The van der Waals surface area contributed by atoms with Gasteiger partial charge >= 0.3 is 5.97 Å². The highest BCUT2D eigenvalue weighted by molar-refractivity contribution is 9.10. The molecule has 6 heteroatoms. The normalized spacial score (nSPS) is 13.5. The highest BCUT2D eigenvalue weighted by atomic mass is 79.9. The highest BCUT2D eigenvalue weighted by Gasteiger charge is 2.37. The van der Waals surface area contributed by atoms with Crippen molar-refractivity contribution in [1.82, 2.24) is 0 Å². The van der Waals surface area contributed by atoms with Crippen LogP contribution in [-0.2, 0) is 10.3 Å². The Kier molecular flexibility index (Phi) is 4.68. The van der Waals surface area contributed by atoms with Crippen molar-refractivity contribution in [3.63, 3.8) is 0 Å². The van der Waals surface area contributed by atoms with Crippen molar-refractivity contribution in [3.8, 4) is 0 Å². The van der Waals surface area contributed by atoms with E-state index in [4.69, 9.17) is 0 Å². The molecule has 2 aromatic carbocycles. The van der Waals surface area contributed by atoms with Gasteiger partial charge in [0, 0.05) is 20.2 Å². The molecular formula is C15H12Br2FNO2. The standard InChI is InChI=1S/C15H12Br2FNO2/c1-15(14(20)21,12-6-5-10(18)8-13(12)17)19-11-4-2-3-9(16)7-11/h2-8,19H,1H3,(H,20,21). The molecule has 0 aromatic heterocycles. The van der Waals surface area contributed by atoms with Crippen LogP contribution in [0.1, 0.15) is 12.5 Å². The van der Waals surface area contributed by atoms with Crippen molar-refractivity contribution >= 4 is 43.5 Å². The zero-order valence-electron chi connectivity index (χ0n) is 11.0. The Labute approximate surface area is 138 Å². The first-order valence-electron chi connectivity index (χ1n) is 6.05. The van der Waals surface area contributed by atoms with Gasteiger partial charge in [-0.15, -0.1) is 0 Å². The van der Waals surface area contributed by atoms with Crippen molar-refractivity contribution in [2.75, 3.05) is 5.32 Å². The van der Waals surface area contributed by atoms with E-state index in [1.807, 2.05) is 6.07 Å². The smallest absolute Gasteiger partial charge is 0.333 e. The topological polar surface area (TPSA) is 49.3 Å². The lowest BCUT2D eigenvalue weighted by Gasteiger charge is -2.29. The third-order valence-corrected chi connectivity index (χ3v) is 4.27. The molecule has 2 N–H and O–H groups in total. The zero-order valence-corrected chi connectivity index (χ0v) is 14.2. The van der Waals surface area contributed by atoms with Crippen LogP contribution in [-0.4, -0.2) is 11.1 Å². The predicted molar refractivity (Wildman–Crippen MR) is 86.9 cm³/mol. The molecule has 21 heavy (non-hydrogen) atoms. The lowest BCUT2D eigenvalue weighted by molar-refractivity contribution is -0.142. The minimum Gasteiger partial charge on any atom is -0.479 e. The third kappa shape index (κ3) is 3.44. The minimum atomic E-state index is -1.40. The van der Waals surface area contributed by atoms with Gasteiger partial charge in [0.25, 0.3) is 0 Å². The number of halogens is 3. The van der Waals surface area contributed by atoms with Crippen LogP contribution in [0.2, 0.25) is 0 Å². The summed E-state index contributed by atoms with van der Waals surface area (Å²) in [5.74, 6) is -1.49. The Bertz CT molecular complexity index is 693. The van der Waals surface area contributed by atoms with E-state index >= 15 is 0 Å². The summed E-state index contributed by atoms with van der Waals surface area (Å²) < 4.78 is 14.4. The number of hydrogen-bond acceptors (Lipinski definition) is 2. The van der Waals surface area contributed by atoms with Gasteiger partial charge in [-0.1, -0.05) is 44.0 Å². The number of carbonyl (C=O) groups is 1. The molecule has 0 amide bonds. The summed E-state index contributed by atoms with van der Waals surface area (Å²) in [5.41, 5.74) is -0.310. The number of aliphatic carboxylic acids is 1. The van der Waals surface area contributed by atoms with Gasteiger partial charge in [-0.3, -0.25) is 0 Å². The maximum atomic E-state index is 13.2. The quantitative estimate of drug-likeness (QED) is 0.755. The monoisotopic (exact) mass is 415 g/mol. The molecular weight excluding hydrogens is 405 g/mol. The maximum absolute atomic E-state index is 13.2. The van der Waals surface area contributed by atoms with Crippen molar-refractivity contribution in [1.29, 1.82) is 0 Å². The number of benzene rings is 2. The van der Waals surface area contributed by atoms with Crippen LogP contribution in [0.3, 0.4) is 0 Å². The van der Waals surface area contributed by atoms with Crippen molar-refractivity contribution < 1.29 is 14.3 Å². The summed E-state index contributed by atoms with van der Waals surface area (Å²) in [6.07, 6.45) is 0. The van der Waals surface area contributed by atoms with Crippen LogP contribution < -0.4 is 5.32 Å². The van der Waals surface area contributed by atoms with Crippen LogP contribution >= 0.6 is 31.9 Å². The van der Waals surface area contributed by atoms with E-state index < -0.39 is 17.3 Å². The fourth-order valence-electron chi connectivity index (χ4n) is 1.99. The Balaban J connectivity index is 2.48. The second-order valence-corrected chi connectivity index (χ2v) is 6.46. The number of anilines is 1. The largest absolute Gasteiger partial charge is 0.479 e. The van der Waals surface area contributed by atoms with E-state index in [0.717, 1.165) is 4.47 Å². The second-order valence-electron chi connectivity index (χ2n) is 4.69. The van der Waals surface area contributed by atoms with E-state index in [9.17, 15) is 14.3 Å². The first-order chi connectivity index (χ1) is 9.83. The molecule has 3 nitrogen and oxygen atoms in total. The maximum Gasteiger partial charge on any atom is 0.333 e. The molecule has 0 saturated carbocycles. The predicted octanol–water partition coefficient (Wildman–Crippen LogP) is 4.76. The van der Waals surface area contributed by atoms with Crippen LogP contribution in [0.15, 0.2) is 51.4 Å². The average Bonchev–Trinajstić information content (AvgIpc) is 2.38. The van der Waals surface area contributed by atoms with E-state index in [1.54, 1.807) is 18.2 Å². The first kappa shape index (κ1) is 16.0. The Morgan fingerprint density at radius 2 is 1.95 bits per heavy atom. The fourth-order valence-corrected chi connectivity index (χ4v) is 3.13. The second kappa shape index (κ2) is 6.15. The van der Waals surface area contributed by atoms with Crippen molar-refractivity contribution in [3.05, 3.63) is 62.8 Å². The molecule has 0 heterocycles. The van der Waals surface area contributed by atoms with Gasteiger partial charge in [0.1, 0.15) is 5.82 Å². The Hall–Kier alpha value is -1.40. The molecule has 2 aromatic rings. The molecule has 0 spiro atoms. The van der Waals surface area contributed by atoms with Gasteiger partial charge in [-0.25, -0.2) is 9.18 Å². The first-order valence-corrected chi connectivity index (χ1v) is 7.64. The Morgan fingerprint density at radius 1 is 1.24 bits per heavy atom. The van der Waals surface area contributed by atoms with Crippen LogP contribution in [0.5, 0.6) is 0 Å². The molecule has 110 valence electrons. The van der Waals surface area contributed by atoms with Crippen LogP contribution in [0.25, 0.3) is 0 Å². The lowest BCUT2D eigenvalue weighted by atomic mass is 9.91. The minimum absolute atomic E-state index is 0.398. The van der Waals surface area contributed by atoms with Gasteiger partial charge in [0.2, 0.25) is 0 Å². The molecule has 0 bridgehead atoms. The molecule has 0 aliphatic carbocycles. The summed E-state index contributed by atoms with van der Waals surface area (Å²) in [6.45, 7) is 1.54.